The van der Waals surface area contributed by atoms with Gasteiger partial charge >= 0.3 is 0 Å². The average Bonchev–Trinajstić information content (AvgIpc) is 3.22. The Morgan fingerprint density at radius 3 is 2.27 bits per heavy atom. The van der Waals surface area contributed by atoms with Crippen molar-refractivity contribution in [2.45, 2.75) is 12.5 Å². The van der Waals surface area contributed by atoms with Crippen LogP contribution in [0.25, 0.3) is 6.08 Å². The zero-order chi connectivity index (χ0) is 20.9. The third-order valence-electron chi connectivity index (χ3n) is 5.12. The van der Waals surface area contributed by atoms with E-state index < -0.39 is 0 Å². The van der Waals surface area contributed by atoms with Gasteiger partial charge in [-0.05, 0) is 48.6 Å². The van der Waals surface area contributed by atoms with E-state index in [1.807, 2.05) is 54.6 Å². The van der Waals surface area contributed by atoms with E-state index in [0.29, 0.717) is 0 Å². The summed E-state index contributed by atoms with van der Waals surface area (Å²) in [6.45, 7) is 0. The SMILES string of the molecule is COc1ccccc1/C=C\C1=NN(c2ccc(Br)cc2)[C@H](c2ccccc2OC)C1. The van der Waals surface area contributed by atoms with Crippen LogP contribution in [0.15, 0.2) is 88.4 Å². The molecule has 3 aromatic rings. The maximum atomic E-state index is 5.64. The van der Waals surface area contributed by atoms with Crippen LogP contribution >= 0.6 is 15.9 Å². The first-order valence-corrected chi connectivity index (χ1v) is 10.5. The highest BCUT2D eigenvalue weighted by molar-refractivity contribution is 9.10. The van der Waals surface area contributed by atoms with Crippen LogP contribution in [-0.2, 0) is 0 Å². The van der Waals surface area contributed by atoms with Crippen molar-refractivity contribution in [3.8, 4) is 11.5 Å². The quantitative estimate of drug-likeness (QED) is 0.419. The molecular formula is C25H23BrN2O2. The van der Waals surface area contributed by atoms with E-state index in [1.54, 1.807) is 14.2 Å². The lowest BCUT2D eigenvalue weighted by Gasteiger charge is -2.25. The van der Waals surface area contributed by atoms with E-state index in [0.717, 1.165) is 44.9 Å². The van der Waals surface area contributed by atoms with Crippen LogP contribution in [0.4, 0.5) is 5.69 Å². The Balaban J connectivity index is 1.69. The van der Waals surface area contributed by atoms with E-state index >= 15 is 0 Å². The van der Waals surface area contributed by atoms with Crippen LogP contribution in [0.1, 0.15) is 23.6 Å². The second kappa shape index (κ2) is 9.18. The van der Waals surface area contributed by atoms with Crippen molar-refractivity contribution in [1.29, 1.82) is 0 Å². The zero-order valence-electron chi connectivity index (χ0n) is 17.0. The molecule has 0 amide bonds. The van der Waals surface area contributed by atoms with E-state index in [4.69, 9.17) is 14.6 Å². The standard InChI is InChI=1S/C25H23BrN2O2/c1-29-24-9-5-3-7-18(24)11-14-20-17-23(22-8-4-6-10-25(22)30-2)28(27-20)21-15-12-19(26)13-16-21/h3-16,23H,17H2,1-2H3/b14-11-/t23-/m0/s1. The lowest BCUT2D eigenvalue weighted by Crippen LogP contribution is -2.19. The molecule has 5 heteroatoms. The Bertz CT molecular complexity index is 1080. The van der Waals surface area contributed by atoms with Gasteiger partial charge in [-0.15, -0.1) is 0 Å². The number of methoxy groups -OCH3 is 2. The van der Waals surface area contributed by atoms with Gasteiger partial charge in [0, 0.05) is 22.0 Å². The number of hydrogen-bond donors (Lipinski definition) is 0. The van der Waals surface area contributed by atoms with Crippen molar-refractivity contribution < 1.29 is 9.47 Å². The van der Waals surface area contributed by atoms with Gasteiger partial charge in [0.05, 0.1) is 31.7 Å². The highest BCUT2D eigenvalue weighted by Gasteiger charge is 2.30. The van der Waals surface area contributed by atoms with E-state index in [1.165, 1.54) is 0 Å². The molecule has 1 atom stereocenters. The summed E-state index contributed by atoms with van der Waals surface area (Å²) in [6, 6.07) is 24.4. The third-order valence-corrected chi connectivity index (χ3v) is 5.65. The topological polar surface area (TPSA) is 34.1 Å². The molecule has 4 nitrogen and oxygen atoms in total. The van der Waals surface area contributed by atoms with Crippen LogP contribution in [0.2, 0.25) is 0 Å². The molecule has 0 bridgehead atoms. The van der Waals surface area contributed by atoms with Crippen LogP contribution < -0.4 is 14.5 Å². The number of halogens is 1. The number of hydrogen-bond acceptors (Lipinski definition) is 4. The molecule has 0 aromatic heterocycles. The average molecular weight is 463 g/mol. The lowest BCUT2D eigenvalue weighted by atomic mass is 9.99. The van der Waals surface area contributed by atoms with Crippen molar-refractivity contribution in [3.63, 3.8) is 0 Å². The van der Waals surface area contributed by atoms with Crippen molar-refractivity contribution in [1.82, 2.24) is 0 Å². The molecule has 4 rings (SSSR count). The van der Waals surface area contributed by atoms with Crippen molar-refractivity contribution in [3.05, 3.63) is 94.5 Å². The molecule has 0 unspecified atom stereocenters. The Kier molecular flexibility index (Phi) is 6.19. The maximum absolute atomic E-state index is 5.64. The van der Waals surface area contributed by atoms with Crippen molar-refractivity contribution in [2.24, 2.45) is 5.10 Å². The summed E-state index contributed by atoms with van der Waals surface area (Å²) in [5, 5.41) is 7.02. The van der Waals surface area contributed by atoms with Gasteiger partial charge in [0.2, 0.25) is 0 Å². The molecule has 1 heterocycles. The first kappa shape index (κ1) is 20.2. The molecule has 0 N–H and O–H groups in total. The molecular weight excluding hydrogens is 440 g/mol. The number of allylic oxidation sites excluding steroid dienone is 1. The predicted octanol–water partition coefficient (Wildman–Crippen LogP) is 6.49. The Morgan fingerprint density at radius 2 is 1.53 bits per heavy atom. The van der Waals surface area contributed by atoms with Gasteiger partial charge in [-0.3, -0.25) is 5.01 Å². The van der Waals surface area contributed by atoms with Gasteiger partial charge in [0.1, 0.15) is 11.5 Å². The summed E-state index contributed by atoms with van der Waals surface area (Å²) >= 11 is 3.52. The number of nitrogens with zero attached hydrogens (tertiary/aromatic N) is 2. The summed E-state index contributed by atoms with van der Waals surface area (Å²) in [5.74, 6) is 1.72. The molecule has 0 saturated heterocycles. The molecule has 0 spiro atoms. The molecule has 3 aromatic carbocycles. The van der Waals surface area contributed by atoms with Crippen LogP contribution in [0, 0.1) is 0 Å². The minimum Gasteiger partial charge on any atom is -0.496 e. The first-order chi connectivity index (χ1) is 14.7. The molecule has 152 valence electrons. The number of para-hydroxylation sites is 2. The van der Waals surface area contributed by atoms with Gasteiger partial charge in [0.25, 0.3) is 0 Å². The maximum Gasteiger partial charge on any atom is 0.126 e. The number of anilines is 1. The second-order valence-corrected chi connectivity index (χ2v) is 7.87. The number of rotatable bonds is 6. The van der Waals surface area contributed by atoms with Gasteiger partial charge in [-0.25, -0.2) is 0 Å². The fraction of sp³-hybridized carbons (Fsp3) is 0.160. The largest absolute Gasteiger partial charge is 0.496 e. The molecule has 0 saturated carbocycles. The molecule has 1 aliphatic rings. The van der Waals surface area contributed by atoms with Gasteiger partial charge < -0.3 is 9.47 Å². The van der Waals surface area contributed by atoms with Gasteiger partial charge in [-0.2, -0.15) is 5.10 Å². The van der Waals surface area contributed by atoms with Gasteiger partial charge in [0.15, 0.2) is 0 Å². The normalized spacial score (nSPS) is 16.0. The Morgan fingerprint density at radius 1 is 0.867 bits per heavy atom. The molecule has 0 fully saturated rings. The molecule has 30 heavy (non-hydrogen) atoms. The minimum absolute atomic E-state index is 0.0552. The number of ether oxygens (including phenoxy) is 2. The van der Waals surface area contributed by atoms with E-state index in [9.17, 15) is 0 Å². The summed E-state index contributed by atoms with van der Waals surface area (Å²) in [6.07, 6.45) is 4.91. The highest BCUT2D eigenvalue weighted by atomic mass is 79.9. The summed E-state index contributed by atoms with van der Waals surface area (Å²) in [5.41, 5.74) is 4.18. The number of benzene rings is 3. The lowest BCUT2D eigenvalue weighted by molar-refractivity contribution is 0.405. The first-order valence-electron chi connectivity index (χ1n) is 9.76. The summed E-state index contributed by atoms with van der Waals surface area (Å²) in [4.78, 5) is 0. The van der Waals surface area contributed by atoms with Gasteiger partial charge in [-0.1, -0.05) is 52.3 Å². The monoisotopic (exact) mass is 462 g/mol. The smallest absolute Gasteiger partial charge is 0.126 e. The van der Waals surface area contributed by atoms with E-state index in [-0.39, 0.29) is 6.04 Å². The Hall–Kier alpha value is -3.05. The minimum atomic E-state index is 0.0552. The van der Waals surface area contributed by atoms with Crippen LogP contribution in [-0.4, -0.2) is 19.9 Å². The third kappa shape index (κ3) is 4.26. The summed E-state index contributed by atoms with van der Waals surface area (Å²) < 4.78 is 12.1. The summed E-state index contributed by atoms with van der Waals surface area (Å²) in [7, 11) is 3.40. The number of hydrazone groups is 1. The van der Waals surface area contributed by atoms with E-state index in [2.05, 4.69) is 51.3 Å². The van der Waals surface area contributed by atoms with Crippen LogP contribution in [0.5, 0.6) is 11.5 Å². The second-order valence-electron chi connectivity index (χ2n) is 6.95. The molecule has 1 aliphatic heterocycles. The van der Waals surface area contributed by atoms with Crippen LogP contribution in [0.3, 0.4) is 0 Å². The molecule has 0 radical (unpaired) electrons. The van der Waals surface area contributed by atoms with Crippen molar-refractivity contribution >= 4 is 33.4 Å². The fourth-order valence-electron chi connectivity index (χ4n) is 3.64. The van der Waals surface area contributed by atoms with Crippen molar-refractivity contribution in [2.75, 3.05) is 19.2 Å². The predicted molar refractivity (Wildman–Crippen MR) is 126 cm³/mol. The highest BCUT2D eigenvalue weighted by Crippen LogP contribution is 2.39. The Labute approximate surface area is 185 Å². The zero-order valence-corrected chi connectivity index (χ0v) is 18.5. The molecule has 0 aliphatic carbocycles. The fourth-order valence-corrected chi connectivity index (χ4v) is 3.90.